The Morgan fingerprint density at radius 1 is 0.974 bits per heavy atom. The summed E-state index contributed by atoms with van der Waals surface area (Å²) in [6.45, 7) is 0.636. The number of aromatic nitrogens is 2. The van der Waals surface area contributed by atoms with Crippen molar-refractivity contribution < 1.29 is 30.8 Å². The van der Waals surface area contributed by atoms with Crippen molar-refractivity contribution in [3.8, 4) is 16.9 Å². The van der Waals surface area contributed by atoms with Gasteiger partial charge in [0, 0.05) is 18.2 Å². The molecule has 0 unspecified atom stereocenters. The lowest BCUT2D eigenvalue weighted by Gasteiger charge is -2.21. The van der Waals surface area contributed by atoms with Crippen LogP contribution in [0.2, 0.25) is 0 Å². The summed E-state index contributed by atoms with van der Waals surface area (Å²) in [5.74, 6) is -1.02. The predicted molar refractivity (Wildman–Crippen MR) is 133 cm³/mol. The van der Waals surface area contributed by atoms with E-state index in [9.17, 15) is 30.8 Å². The second kappa shape index (κ2) is 10.8. The monoisotopic (exact) mass is 546 g/mol. The Bertz CT molecular complexity index is 1540. The number of hydrogen-bond donors (Lipinski definition) is 1. The molecule has 0 radical (unpaired) electrons. The van der Waals surface area contributed by atoms with Gasteiger partial charge in [0.15, 0.2) is 0 Å². The molecule has 38 heavy (non-hydrogen) atoms. The number of amides is 1. The molecule has 0 spiro atoms. The van der Waals surface area contributed by atoms with Crippen LogP contribution < -0.4 is 5.32 Å². The van der Waals surface area contributed by atoms with E-state index in [0.717, 1.165) is 28.1 Å². The molecule has 0 atom stereocenters. The summed E-state index contributed by atoms with van der Waals surface area (Å²) < 4.78 is 81.1. The first-order chi connectivity index (χ1) is 18.0. The van der Waals surface area contributed by atoms with Gasteiger partial charge in [-0.2, -0.15) is 22.6 Å². The Labute approximate surface area is 216 Å². The van der Waals surface area contributed by atoms with Gasteiger partial charge in [-0.1, -0.05) is 43.3 Å². The lowest BCUT2D eigenvalue weighted by atomic mass is 10.2. The summed E-state index contributed by atoms with van der Waals surface area (Å²) in [6, 6.07) is 19.4. The number of alkyl halides is 3. The second-order valence-electron chi connectivity index (χ2n) is 8.17. The second-order valence-corrected chi connectivity index (χ2v) is 10.1. The number of hydrogen-bond acceptors (Lipinski definition) is 4. The van der Waals surface area contributed by atoms with Crippen molar-refractivity contribution in [2.75, 3.05) is 18.4 Å². The van der Waals surface area contributed by atoms with Crippen LogP contribution in [0.5, 0.6) is 0 Å². The van der Waals surface area contributed by atoms with E-state index in [2.05, 4.69) is 10.4 Å². The van der Waals surface area contributed by atoms with Gasteiger partial charge in [-0.05, 0) is 42.5 Å². The van der Waals surface area contributed by atoms with Crippen LogP contribution in [0.3, 0.4) is 0 Å². The Balaban J connectivity index is 1.62. The molecular weight excluding hydrogens is 524 g/mol. The van der Waals surface area contributed by atoms with Crippen LogP contribution >= 0.6 is 0 Å². The molecule has 0 aliphatic carbocycles. The highest BCUT2D eigenvalue weighted by atomic mass is 32.2. The third-order valence-corrected chi connectivity index (χ3v) is 7.51. The molecule has 0 saturated heterocycles. The number of halogens is 4. The van der Waals surface area contributed by atoms with Gasteiger partial charge < -0.3 is 5.32 Å². The van der Waals surface area contributed by atoms with E-state index in [4.69, 9.17) is 0 Å². The summed E-state index contributed by atoms with van der Waals surface area (Å²) >= 11 is 0. The first kappa shape index (κ1) is 27.0. The Morgan fingerprint density at radius 3 is 2.29 bits per heavy atom. The van der Waals surface area contributed by atoms with Crippen LogP contribution in [-0.2, 0) is 21.0 Å². The quantitative estimate of drug-likeness (QED) is 0.302. The topological polar surface area (TPSA) is 84.3 Å². The molecule has 7 nitrogen and oxygen atoms in total. The van der Waals surface area contributed by atoms with E-state index in [1.807, 2.05) is 30.3 Å². The van der Waals surface area contributed by atoms with Gasteiger partial charge in [0.05, 0.1) is 28.4 Å². The molecule has 1 heterocycles. The van der Waals surface area contributed by atoms with Gasteiger partial charge in [0.1, 0.15) is 11.6 Å². The maximum absolute atomic E-state index is 13.5. The molecule has 0 fully saturated rings. The third-order valence-electron chi connectivity index (χ3n) is 5.59. The summed E-state index contributed by atoms with van der Waals surface area (Å²) in [7, 11) is -4.42. The smallest absolute Gasteiger partial charge is 0.309 e. The highest BCUT2D eigenvalue weighted by Gasteiger charge is 2.33. The Hall–Kier alpha value is -4.03. The van der Waals surface area contributed by atoms with Gasteiger partial charge >= 0.3 is 6.18 Å². The van der Waals surface area contributed by atoms with Crippen molar-refractivity contribution in [2.45, 2.75) is 18.0 Å². The van der Waals surface area contributed by atoms with E-state index < -0.39 is 44.9 Å². The molecule has 4 rings (SSSR count). The number of benzene rings is 3. The van der Waals surface area contributed by atoms with Crippen LogP contribution in [0.4, 0.5) is 23.4 Å². The first-order valence-electron chi connectivity index (χ1n) is 11.4. The van der Waals surface area contributed by atoms with Crippen molar-refractivity contribution in [3.05, 3.63) is 96.3 Å². The largest absolute Gasteiger partial charge is 0.416 e. The average molecular weight is 547 g/mol. The molecule has 4 aromatic rings. The van der Waals surface area contributed by atoms with Gasteiger partial charge in [-0.15, -0.1) is 0 Å². The van der Waals surface area contributed by atoms with Gasteiger partial charge in [-0.3, -0.25) is 4.79 Å². The molecule has 3 aromatic carbocycles. The summed E-state index contributed by atoms with van der Waals surface area (Å²) in [4.78, 5) is 12.4. The van der Waals surface area contributed by atoms with Crippen molar-refractivity contribution in [3.63, 3.8) is 0 Å². The molecule has 0 saturated carbocycles. The highest BCUT2D eigenvalue weighted by molar-refractivity contribution is 7.89. The van der Waals surface area contributed by atoms with E-state index >= 15 is 0 Å². The minimum atomic E-state index is -4.73. The number of carbonyl (C=O) groups excluding carboxylic acids is 1. The van der Waals surface area contributed by atoms with Crippen molar-refractivity contribution >= 4 is 21.7 Å². The number of nitrogens with zero attached hydrogens (tertiary/aromatic N) is 3. The Morgan fingerprint density at radius 2 is 1.66 bits per heavy atom. The minimum absolute atomic E-state index is 0.168. The van der Waals surface area contributed by atoms with E-state index in [0.29, 0.717) is 17.4 Å². The average Bonchev–Trinajstić information content (AvgIpc) is 3.31. The van der Waals surface area contributed by atoms with E-state index in [-0.39, 0.29) is 12.4 Å². The van der Waals surface area contributed by atoms with Crippen LogP contribution in [0.1, 0.15) is 12.5 Å². The molecular formula is C26H22F4N4O3S. The molecule has 1 N–H and O–H groups in total. The molecule has 1 aromatic heterocycles. The molecule has 198 valence electrons. The summed E-state index contributed by atoms with van der Waals surface area (Å²) in [5.41, 5.74) is 0.559. The zero-order chi connectivity index (χ0) is 27.5. The zero-order valence-electron chi connectivity index (χ0n) is 20.0. The fourth-order valence-electron chi connectivity index (χ4n) is 3.69. The lowest BCUT2D eigenvalue weighted by molar-refractivity contribution is -0.137. The SMILES string of the molecule is CCN(CC(=O)Nc1cc(-c2ccccc2)nn1-c1ccc(F)cc1)S(=O)(=O)c1cccc(C(F)(F)F)c1. The van der Waals surface area contributed by atoms with E-state index in [1.165, 1.54) is 35.9 Å². The van der Waals surface area contributed by atoms with E-state index in [1.54, 1.807) is 6.07 Å². The predicted octanol–water partition coefficient (Wildman–Crippen LogP) is 5.35. The fraction of sp³-hybridized carbons (Fsp3) is 0.154. The molecule has 0 aliphatic heterocycles. The Kier molecular flexibility index (Phi) is 7.65. The molecule has 12 heteroatoms. The standard InChI is InChI=1S/C26H22F4N4O3S/c1-2-33(38(36,37)22-10-6-9-19(15-22)26(28,29)30)17-25(35)31-24-16-23(18-7-4-3-5-8-18)32-34(24)21-13-11-20(27)12-14-21/h3-16H,2,17H2,1H3,(H,31,35). The number of nitrogens with one attached hydrogen (secondary N) is 1. The number of carbonyl (C=O) groups is 1. The number of anilines is 1. The van der Waals surface area contributed by atoms with Crippen LogP contribution in [0.25, 0.3) is 16.9 Å². The van der Waals surface area contributed by atoms with Crippen molar-refractivity contribution in [1.29, 1.82) is 0 Å². The minimum Gasteiger partial charge on any atom is -0.309 e. The first-order valence-corrected chi connectivity index (χ1v) is 12.8. The van der Waals surface area contributed by atoms with Gasteiger partial charge in [-0.25, -0.2) is 17.5 Å². The van der Waals surface area contributed by atoms with Crippen molar-refractivity contribution in [2.24, 2.45) is 0 Å². The fourth-order valence-corrected chi connectivity index (χ4v) is 5.14. The lowest BCUT2D eigenvalue weighted by Crippen LogP contribution is -2.38. The number of likely N-dealkylation sites (N-methyl/N-ethyl adjacent to an activating group) is 1. The van der Waals surface area contributed by atoms with Crippen LogP contribution in [0.15, 0.2) is 89.8 Å². The maximum Gasteiger partial charge on any atom is 0.416 e. The van der Waals surface area contributed by atoms with Gasteiger partial charge in [0.25, 0.3) is 0 Å². The third kappa shape index (κ3) is 5.92. The summed E-state index contributed by atoms with van der Waals surface area (Å²) in [5, 5.41) is 7.12. The molecule has 1 amide bonds. The normalized spacial score (nSPS) is 12.1. The number of rotatable bonds is 8. The van der Waals surface area contributed by atoms with Crippen molar-refractivity contribution in [1.82, 2.24) is 14.1 Å². The summed E-state index contributed by atoms with van der Waals surface area (Å²) in [6.07, 6.45) is -4.73. The number of sulfonamides is 1. The van der Waals surface area contributed by atoms with Gasteiger partial charge in [0.2, 0.25) is 15.9 Å². The highest BCUT2D eigenvalue weighted by Crippen LogP contribution is 2.31. The van der Waals surface area contributed by atoms with Crippen LogP contribution in [-0.4, -0.2) is 41.5 Å². The molecule has 0 bridgehead atoms. The maximum atomic E-state index is 13.5. The molecule has 0 aliphatic rings. The van der Waals surface area contributed by atoms with Crippen LogP contribution in [0, 0.1) is 5.82 Å². The zero-order valence-corrected chi connectivity index (χ0v) is 20.8.